The van der Waals surface area contributed by atoms with Crippen molar-refractivity contribution in [3.05, 3.63) is 78.4 Å². The van der Waals surface area contributed by atoms with E-state index in [0.717, 1.165) is 37.2 Å². The average molecular weight is 571 g/mol. The number of allylic oxidation sites excluding steroid dienone is 1. The van der Waals surface area contributed by atoms with Crippen molar-refractivity contribution in [2.75, 3.05) is 45.3 Å². The number of rotatable bonds is 10. The molecule has 2 aromatic heterocycles. The first-order chi connectivity index (χ1) is 20.4. The molecule has 1 unspecified atom stereocenters. The number of aromatic nitrogens is 4. The minimum atomic E-state index is -0.411. The number of anilines is 2. The van der Waals surface area contributed by atoms with Crippen LogP contribution in [0.4, 0.5) is 11.5 Å². The standard InChI is InChI=1S/C31H38N8O3/c1-5-15-38-16-9-10-22(19-38)39-30-27(29(32)33-20-34-30)28(36-39)31(40)35-24-14-13-21(17-25(24)41-4)18-26(37(2)3)42-23-11-7-6-8-12-23/h5-8,11-15,17,20,22,26H,9-10,16,18-19H2,1-4H3,(H,35,40)(H2,32,33,34)/t22?,26-/m1/s1. The van der Waals surface area contributed by atoms with Crippen molar-refractivity contribution >= 4 is 28.4 Å². The van der Waals surface area contributed by atoms with E-state index in [1.54, 1.807) is 7.11 Å². The number of ether oxygens (including phenoxy) is 2. The topological polar surface area (TPSA) is 124 Å². The Bertz CT molecular complexity index is 1550. The third-order valence-corrected chi connectivity index (χ3v) is 7.38. The number of carbonyl (C=O) groups excluding carboxylic acids is 1. The molecular weight excluding hydrogens is 532 g/mol. The maximum Gasteiger partial charge on any atom is 0.277 e. The van der Waals surface area contributed by atoms with Crippen LogP contribution in [0.3, 0.4) is 0 Å². The zero-order chi connectivity index (χ0) is 29.6. The normalized spacial score (nSPS) is 16.2. The summed E-state index contributed by atoms with van der Waals surface area (Å²) in [5, 5.41) is 8.16. The number of fused-ring (bicyclic) bond motifs is 1. The highest BCUT2D eigenvalue weighted by molar-refractivity contribution is 6.13. The van der Waals surface area contributed by atoms with Gasteiger partial charge in [0.25, 0.3) is 5.91 Å². The van der Waals surface area contributed by atoms with Gasteiger partial charge in [-0.2, -0.15) is 5.10 Å². The van der Waals surface area contributed by atoms with Crippen LogP contribution >= 0.6 is 0 Å². The molecule has 1 aliphatic heterocycles. The summed E-state index contributed by atoms with van der Waals surface area (Å²) < 4.78 is 13.7. The van der Waals surface area contributed by atoms with Gasteiger partial charge in [0.2, 0.25) is 0 Å². The van der Waals surface area contributed by atoms with Gasteiger partial charge in [-0.1, -0.05) is 30.3 Å². The summed E-state index contributed by atoms with van der Waals surface area (Å²) in [4.78, 5) is 26.6. The number of piperidine rings is 1. The third-order valence-electron chi connectivity index (χ3n) is 7.38. The number of nitrogens with two attached hydrogens (primary N) is 1. The Kier molecular flexibility index (Phi) is 8.87. The van der Waals surface area contributed by atoms with Gasteiger partial charge in [0, 0.05) is 19.5 Å². The van der Waals surface area contributed by atoms with E-state index < -0.39 is 5.91 Å². The fourth-order valence-electron chi connectivity index (χ4n) is 5.27. The first-order valence-electron chi connectivity index (χ1n) is 14.1. The summed E-state index contributed by atoms with van der Waals surface area (Å²) in [6, 6.07) is 15.5. The van der Waals surface area contributed by atoms with Crippen LogP contribution in [0.5, 0.6) is 11.5 Å². The highest BCUT2D eigenvalue weighted by atomic mass is 16.5. The molecule has 4 aromatic rings. The summed E-state index contributed by atoms with van der Waals surface area (Å²) in [5.74, 6) is 1.13. The molecule has 0 radical (unpaired) electrons. The zero-order valence-electron chi connectivity index (χ0n) is 24.5. The Labute approximate surface area is 245 Å². The van der Waals surface area contributed by atoms with Gasteiger partial charge in [0.05, 0.1) is 24.2 Å². The number of nitrogens with one attached hydrogen (secondary N) is 1. The van der Waals surface area contributed by atoms with Crippen LogP contribution in [-0.2, 0) is 6.42 Å². The summed E-state index contributed by atoms with van der Waals surface area (Å²) in [6.45, 7) is 3.75. The third kappa shape index (κ3) is 6.31. The van der Waals surface area contributed by atoms with Crippen LogP contribution < -0.4 is 20.5 Å². The van der Waals surface area contributed by atoms with E-state index in [1.807, 2.05) is 85.2 Å². The maximum atomic E-state index is 13.7. The molecule has 1 amide bonds. The van der Waals surface area contributed by atoms with E-state index in [2.05, 4.69) is 26.4 Å². The van der Waals surface area contributed by atoms with Gasteiger partial charge >= 0.3 is 0 Å². The predicted molar refractivity (Wildman–Crippen MR) is 164 cm³/mol. The molecule has 42 heavy (non-hydrogen) atoms. The number of para-hydroxylation sites is 1. The van der Waals surface area contributed by atoms with Crippen LogP contribution in [0.2, 0.25) is 0 Å². The minimum Gasteiger partial charge on any atom is -0.495 e. The second-order valence-corrected chi connectivity index (χ2v) is 10.6. The number of carbonyl (C=O) groups is 1. The molecule has 0 bridgehead atoms. The Morgan fingerprint density at radius 2 is 2.02 bits per heavy atom. The highest BCUT2D eigenvalue weighted by Gasteiger charge is 2.28. The van der Waals surface area contributed by atoms with E-state index in [4.69, 9.17) is 20.3 Å². The number of hydrogen-bond acceptors (Lipinski definition) is 9. The number of likely N-dealkylation sites (tertiary alicyclic amines) is 1. The van der Waals surface area contributed by atoms with Crippen LogP contribution in [0.15, 0.2) is 67.1 Å². The number of nitrogen functional groups attached to an aromatic ring is 1. The van der Waals surface area contributed by atoms with Crippen molar-refractivity contribution in [3.63, 3.8) is 0 Å². The van der Waals surface area contributed by atoms with Gasteiger partial charge in [-0.25, -0.2) is 14.6 Å². The molecule has 1 aliphatic rings. The molecule has 1 fully saturated rings. The molecule has 0 aliphatic carbocycles. The number of hydrogen-bond donors (Lipinski definition) is 2. The number of methoxy groups -OCH3 is 1. The van der Waals surface area contributed by atoms with Gasteiger partial charge in [0.15, 0.2) is 17.6 Å². The molecule has 0 spiro atoms. The molecule has 0 saturated carbocycles. The fourth-order valence-corrected chi connectivity index (χ4v) is 5.27. The summed E-state index contributed by atoms with van der Waals surface area (Å²) in [5.41, 5.74) is 8.51. The molecule has 220 valence electrons. The molecule has 11 heteroatoms. The highest BCUT2D eigenvalue weighted by Crippen LogP contribution is 2.31. The van der Waals surface area contributed by atoms with Crippen LogP contribution in [0.25, 0.3) is 11.0 Å². The Morgan fingerprint density at radius 1 is 1.21 bits per heavy atom. The number of amides is 1. The van der Waals surface area contributed by atoms with Gasteiger partial charge in [-0.05, 0) is 69.9 Å². The van der Waals surface area contributed by atoms with Crippen LogP contribution in [0.1, 0.15) is 41.9 Å². The summed E-state index contributed by atoms with van der Waals surface area (Å²) in [6.07, 6.45) is 7.87. The molecule has 1 saturated heterocycles. The van der Waals surface area contributed by atoms with Crippen molar-refractivity contribution < 1.29 is 14.3 Å². The maximum absolute atomic E-state index is 13.7. The molecule has 5 rings (SSSR count). The summed E-state index contributed by atoms with van der Waals surface area (Å²) in [7, 11) is 5.53. The van der Waals surface area contributed by atoms with Crippen molar-refractivity contribution in [2.24, 2.45) is 0 Å². The lowest BCUT2D eigenvalue weighted by Crippen LogP contribution is -2.35. The monoisotopic (exact) mass is 570 g/mol. The van der Waals surface area contributed by atoms with Crippen molar-refractivity contribution in [1.29, 1.82) is 0 Å². The van der Waals surface area contributed by atoms with Crippen molar-refractivity contribution in [2.45, 2.75) is 38.5 Å². The molecule has 11 nitrogen and oxygen atoms in total. The lowest BCUT2D eigenvalue weighted by molar-refractivity contribution is 0.0648. The Hall–Kier alpha value is -4.64. The number of nitrogens with zero attached hydrogens (tertiary/aromatic N) is 6. The SMILES string of the molecule is CC=CN1CCCC(n2nc(C(=O)Nc3ccc(C[C@@H](Oc4ccccc4)N(C)C)cc3OC)c3c(N)ncnc32)C1. The second-order valence-electron chi connectivity index (χ2n) is 10.6. The van der Waals surface area contributed by atoms with Crippen molar-refractivity contribution in [1.82, 2.24) is 29.5 Å². The Balaban J connectivity index is 1.39. The van der Waals surface area contributed by atoms with Crippen molar-refractivity contribution in [3.8, 4) is 11.5 Å². The minimum absolute atomic E-state index is 0.0462. The lowest BCUT2D eigenvalue weighted by atomic mass is 10.1. The van der Waals surface area contributed by atoms with Gasteiger partial charge < -0.3 is 25.4 Å². The molecule has 2 atom stereocenters. The first kappa shape index (κ1) is 28.9. The summed E-state index contributed by atoms with van der Waals surface area (Å²) >= 11 is 0. The largest absolute Gasteiger partial charge is 0.495 e. The zero-order valence-corrected chi connectivity index (χ0v) is 24.5. The van der Waals surface area contributed by atoms with E-state index in [-0.39, 0.29) is 23.8 Å². The quantitative estimate of drug-likeness (QED) is 0.268. The Morgan fingerprint density at radius 3 is 2.76 bits per heavy atom. The first-order valence-corrected chi connectivity index (χ1v) is 14.1. The number of benzene rings is 2. The van der Waals surface area contributed by atoms with Gasteiger partial charge in [-0.15, -0.1) is 0 Å². The fraction of sp³-hybridized carbons (Fsp3) is 0.355. The average Bonchev–Trinajstić information content (AvgIpc) is 3.39. The van der Waals surface area contributed by atoms with E-state index in [1.165, 1.54) is 6.33 Å². The predicted octanol–water partition coefficient (Wildman–Crippen LogP) is 4.35. The van der Waals surface area contributed by atoms with Crippen LogP contribution in [0, 0.1) is 0 Å². The van der Waals surface area contributed by atoms with Crippen LogP contribution in [-0.4, -0.2) is 76.0 Å². The van der Waals surface area contributed by atoms with Gasteiger partial charge in [0.1, 0.15) is 23.6 Å². The lowest BCUT2D eigenvalue weighted by Gasteiger charge is -2.32. The van der Waals surface area contributed by atoms with E-state index in [0.29, 0.717) is 28.9 Å². The molecule has 3 heterocycles. The second kappa shape index (κ2) is 12.9. The molecule has 3 N–H and O–H groups in total. The van der Waals surface area contributed by atoms with E-state index in [9.17, 15) is 4.79 Å². The van der Waals surface area contributed by atoms with E-state index >= 15 is 0 Å². The molecular formula is C31H38N8O3. The van der Waals surface area contributed by atoms with Gasteiger partial charge in [-0.3, -0.25) is 9.69 Å². The number of likely N-dealkylation sites (N-methyl/N-ethyl adjacent to an activating group) is 1. The smallest absolute Gasteiger partial charge is 0.277 e. The molecule has 2 aromatic carbocycles.